The van der Waals surface area contributed by atoms with Crippen LogP contribution < -0.4 is 0 Å². The van der Waals surface area contributed by atoms with E-state index in [-0.39, 0.29) is 23.6 Å². The first-order chi connectivity index (χ1) is 24.6. The maximum absolute atomic E-state index is 13.4. The molecule has 282 valence electrons. The van der Waals surface area contributed by atoms with Crippen molar-refractivity contribution < 1.29 is 38.8 Å². The second-order valence-electron chi connectivity index (χ2n) is 14.9. The number of likely N-dealkylation sites (tertiary alicyclic amines) is 2. The molecule has 2 aliphatic heterocycles. The predicted molar refractivity (Wildman–Crippen MR) is 200 cm³/mol. The van der Waals surface area contributed by atoms with Crippen molar-refractivity contribution in [1.82, 2.24) is 18.5 Å². The van der Waals surface area contributed by atoms with Crippen LogP contribution in [0.15, 0.2) is 48.0 Å². The average Bonchev–Trinajstić information content (AvgIpc) is 3.70. The Hall–Kier alpha value is -3.40. The summed E-state index contributed by atoms with van der Waals surface area (Å²) in [6, 6.07) is 9.73. The molecule has 0 spiro atoms. The van der Waals surface area contributed by atoms with Gasteiger partial charge in [0, 0.05) is 53.8 Å². The zero-order valence-electron chi connectivity index (χ0n) is 29.9. The number of carbonyl (C=O) groups is 2. The summed E-state index contributed by atoms with van der Waals surface area (Å²) in [6.45, 7) is 10.5. The van der Waals surface area contributed by atoms with Crippen molar-refractivity contribution in [1.29, 1.82) is 0 Å². The summed E-state index contributed by atoms with van der Waals surface area (Å²) < 4.78 is 37.6. The molecule has 2 fully saturated rings. The molecule has 0 aliphatic carbocycles. The summed E-state index contributed by atoms with van der Waals surface area (Å²) >= 11 is 2.72. The molecular formula is C38H48F2N4O6S2. The van der Waals surface area contributed by atoms with E-state index in [9.17, 15) is 28.6 Å². The van der Waals surface area contributed by atoms with Gasteiger partial charge in [0.25, 0.3) is 0 Å². The van der Waals surface area contributed by atoms with Crippen LogP contribution in [0.4, 0.5) is 8.78 Å². The van der Waals surface area contributed by atoms with Crippen LogP contribution in [-0.4, -0.2) is 101 Å². The highest BCUT2D eigenvalue weighted by Crippen LogP contribution is 2.36. The Kier molecular flexibility index (Phi) is 13.1. The first-order valence-corrected chi connectivity index (χ1v) is 19.3. The van der Waals surface area contributed by atoms with E-state index in [1.807, 2.05) is 19.9 Å². The minimum absolute atomic E-state index is 0.191. The molecule has 0 amide bonds. The van der Waals surface area contributed by atoms with Gasteiger partial charge in [0.1, 0.15) is 11.6 Å². The van der Waals surface area contributed by atoms with Gasteiger partial charge < -0.3 is 30.2 Å². The molecule has 4 heterocycles. The van der Waals surface area contributed by atoms with E-state index in [1.165, 1.54) is 48.2 Å². The number of hydrogen-bond donors (Lipinski definition) is 4. The van der Waals surface area contributed by atoms with Crippen molar-refractivity contribution in [2.75, 3.05) is 39.3 Å². The summed E-state index contributed by atoms with van der Waals surface area (Å²) in [4.78, 5) is 26.6. The molecule has 4 N–H and O–H groups in total. The monoisotopic (exact) mass is 758 g/mol. The van der Waals surface area contributed by atoms with Gasteiger partial charge >= 0.3 is 11.9 Å². The van der Waals surface area contributed by atoms with Gasteiger partial charge in [0.15, 0.2) is 0 Å². The van der Waals surface area contributed by atoms with Crippen molar-refractivity contribution in [3.05, 3.63) is 71.1 Å². The third kappa shape index (κ3) is 11.1. The number of benzene rings is 2. The fourth-order valence-electron chi connectivity index (χ4n) is 6.98. The lowest BCUT2D eigenvalue weighted by atomic mass is 9.90. The summed E-state index contributed by atoms with van der Waals surface area (Å²) in [6.07, 6.45) is 5.51. The third-order valence-electron chi connectivity index (χ3n) is 10.0. The van der Waals surface area contributed by atoms with Crippen molar-refractivity contribution >= 4 is 55.2 Å². The molecule has 1 unspecified atom stereocenters. The first-order valence-electron chi connectivity index (χ1n) is 17.7. The first kappa shape index (κ1) is 39.8. The van der Waals surface area contributed by atoms with Crippen LogP contribution in [0.2, 0.25) is 0 Å². The fraction of sp³-hybridized carbons (Fsp3) is 0.526. The number of halogens is 2. The van der Waals surface area contributed by atoms with E-state index in [4.69, 9.17) is 10.2 Å². The number of rotatable bonds is 12. The van der Waals surface area contributed by atoms with Crippen molar-refractivity contribution in [2.24, 2.45) is 0 Å². The van der Waals surface area contributed by atoms with E-state index in [0.717, 1.165) is 96.4 Å². The van der Waals surface area contributed by atoms with Crippen LogP contribution >= 0.6 is 23.1 Å². The number of hydrogen-bond acceptors (Lipinski definition) is 10. The highest BCUT2D eigenvalue weighted by molar-refractivity contribution is 7.13. The normalized spacial score (nSPS) is 18.3. The molecule has 52 heavy (non-hydrogen) atoms. The van der Waals surface area contributed by atoms with Crippen molar-refractivity contribution in [3.8, 4) is 0 Å². The van der Waals surface area contributed by atoms with E-state index >= 15 is 0 Å². The van der Waals surface area contributed by atoms with Crippen LogP contribution in [-0.2, 0) is 9.59 Å². The molecule has 0 saturated carbocycles. The molecule has 2 aromatic heterocycles. The summed E-state index contributed by atoms with van der Waals surface area (Å²) in [5, 5.41) is 40.4. The van der Waals surface area contributed by atoms with E-state index in [2.05, 4.69) is 18.5 Å². The Morgan fingerprint density at radius 2 is 1.23 bits per heavy atom. The maximum Gasteiger partial charge on any atom is 0.331 e. The smallest absolute Gasteiger partial charge is 0.331 e. The van der Waals surface area contributed by atoms with Crippen LogP contribution in [0.1, 0.15) is 88.9 Å². The largest absolute Gasteiger partial charge is 0.478 e. The van der Waals surface area contributed by atoms with E-state index < -0.39 is 23.1 Å². The molecule has 6 rings (SSSR count). The maximum atomic E-state index is 13.4. The zero-order valence-corrected chi connectivity index (χ0v) is 31.5. The Labute approximate surface area is 310 Å². The number of aromatic nitrogens is 2. The topological polar surface area (TPSA) is 147 Å². The quantitative estimate of drug-likeness (QED) is 0.111. The number of fused-ring (bicyclic) bond motifs is 2. The number of aliphatic carboxylic acids is 2. The lowest BCUT2D eigenvalue weighted by Crippen LogP contribution is -2.38. The van der Waals surface area contributed by atoms with Crippen molar-refractivity contribution in [2.45, 2.75) is 88.8 Å². The summed E-state index contributed by atoms with van der Waals surface area (Å²) in [7, 11) is 0. The molecule has 2 aliphatic rings. The highest BCUT2D eigenvalue weighted by atomic mass is 32.1. The Morgan fingerprint density at radius 1 is 0.788 bits per heavy atom. The second kappa shape index (κ2) is 17.2. The molecule has 2 aromatic carbocycles. The highest BCUT2D eigenvalue weighted by Gasteiger charge is 2.29. The number of carboxylic acid groups (broad SMARTS) is 2. The van der Waals surface area contributed by atoms with Crippen molar-refractivity contribution in [3.63, 3.8) is 0 Å². The van der Waals surface area contributed by atoms with Crippen LogP contribution in [0, 0.1) is 11.6 Å². The Morgan fingerprint density at radius 3 is 1.63 bits per heavy atom. The molecule has 0 bridgehead atoms. The Balaban J connectivity index is 0.000000210. The average molecular weight is 759 g/mol. The molecular weight excluding hydrogens is 711 g/mol. The lowest BCUT2D eigenvalue weighted by molar-refractivity contribution is -0.135. The van der Waals surface area contributed by atoms with Gasteiger partial charge in [0.2, 0.25) is 0 Å². The van der Waals surface area contributed by atoms with Crippen LogP contribution in [0.3, 0.4) is 0 Å². The number of carboxylic acids is 2. The molecule has 4 aromatic rings. The third-order valence-corrected chi connectivity index (χ3v) is 11.7. The number of nitrogens with zero attached hydrogens (tertiary/aromatic N) is 4. The molecule has 10 nitrogen and oxygen atoms in total. The standard InChI is InChI=1S/C21H25FN2O5S.C17H23FN2OS/c1-21(29,12-14(20(27)28)10-18(25)26)6-9-24-7-4-13(5-8-24)19-16-3-2-15(22)11-17(16)30-23-19;1-17(2,21)7-10-20-8-5-12(6-9-20)16-14-4-3-13(18)11-15(14)22-19-16/h2-3,10-11,13,29H,4-9,12H2,1H3,(H,25,26)(H,27,28);3-4,11-12,21H,5-10H2,1-2H3. The zero-order chi connectivity index (χ0) is 37.6. The van der Waals surface area contributed by atoms with Gasteiger partial charge in [-0.05, 0) is 145 Å². The predicted octanol–water partition coefficient (Wildman–Crippen LogP) is 7.02. The fourth-order valence-corrected chi connectivity index (χ4v) is 8.74. The number of aliphatic hydroxyl groups is 2. The summed E-state index contributed by atoms with van der Waals surface area (Å²) in [5.41, 5.74) is -0.0654. The van der Waals surface area contributed by atoms with Crippen LogP contribution in [0.5, 0.6) is 0 Å². The molecule has 14 heteroatoms. The lowest BCUT2D eigenvalue weighted by Gasteiger charge is -2.33. The summed E-state index contributed by atoms with van der Waals surface area (Å²) in [5.74, 6) is -2.36. The minimum atomic E-state index is -1.34. The number of piperidine rings is 2. The van der Waals surface area contributed by atoms with Gasteiger partial charge in [-0.2, -0.15) is 8.75 Å². The van der Waals surface area contributed by atoms with Gasteiger partial charge in [-0.3, -0.25) is 0 Å². The van der Waals surface area contributed by atoms with Gasteiger partial charge in [-0.25, -0.2) is 18.4 Å². The van der Waals surface area contributed by atoms with Crippen LogP contribution in [0.25, 0.3) is 20.2 Å². The van der Waals surface area contributed by atoms with Gasteiger partial charge in [-0.15, -0.1) is 0 Å². The van der Waals surface area contributed by atoms with E-state index in [1.54, 1.807) is 12.1 Å². The molecule has 1 atom stereocenters. The SMILES string of the molecule is CC(C)(O)CCN1CCC(c2nsc3cc(F)ccc23)CC1.CC(O)(CCN1CCC(c2nsc3cc(F)ccc23)CC1)CC(=CC(=O)O)C(=O)O. The Bertz CT molecular complexity index is 1870. The van der Waals surface area contributed by atoms with Gasteiger partial charge in [0.05, 0.1) is 32.0 Å². The minimum Gasteiger partial charge on any atom is -0.478 e. The second-order valence-corrected chi connectivity index (χ2v) is 16.6. The molecule has 2 saturated heterocycles. The van der Waals surface area contributed by atoms with Gasteiger partial charge in [-0.1, -0.05) is 0 Å². The van der Waals surface area contributed by atoms with E-state index in [0.29, 0.717) is 30.9 Å². The molecule has 0 radical (unpaired) electrons.